The van der Waals surface area contributed by atoms with Crippen LogP contribution in [0.15, 0.2) is 33.3 Å². The van der Waals surface area contributed by atoms with Gasteiger partial charge in [-0.3, -0.25) is 0 Å². The van der Waals surface area contributed by atoms with Crippen molar-refractivity contribution in [2.75, 3.05) is 0 Å². The van der Waals surface area contributed by atoms with Crippen molar-refractivity contribution in [3.8, 4) is 0 Å². The summed E-state index contributed by atoms with van der Waals surface area (Å²) in [5.41, 5.74) is 1.38. The summed E-state index contributed by atoms with van der Waals surface area (Å²) in [5, 5.41) is 0.690. The van der Waals surface area contributed by atoms with Gasteiger partial charge in [0.1, 0.15) is 0 Å². The van der Waals surface area contributed by atoms with Crippen LogP contribution in [0.4, 0.5) is 0 Å². The van der Waals surface area contributed by atoms with Gasteiger partial charge in [-0.2, -0.15) is 0 Å². The fraction of sp³-hybridized carbons (Fsp3) is 0.529. The summed E-state index contributed by atoms with van der Waals surface area (Å²) in [7, 11) is 0. The summed E-state index contributed by atoms with van der Waals surface area (Å²) < 4.78 is 6.06. The van der Waals surface area contributed by atoms with Gasteiger partial charge in [0.25, 0.3) is 0 Å². The first-order chi connectivity index (χ1) is 9.07. The minimum absolute atomic E-state index is 0.690. The Kier molecular flexibility index (Phi) is 7.59. The van der Waals surface area contributed by atoms with Crippen molar-refractivity contribution < 1.29 is 0 Å². The molecule has 19 heavy (non-hydrogen) atoms. The minimum atomic E-state index is -2.10. The Labute approximate surface area is 127 Å². The molecule has 0 bridgehead atoms. The van der Waals surface area contributed by atoms with E-state index in [1.165, 1.54) is 18.9 Å². The maximum atomic E-state index is 2.50. The third-order valence-corrected chi connectivity index (χ3v) is 23.8. The van der Waals surface area contributed by atoms with E-state index in [1.807, 2.05) is 0 Å². The molecule has 0 unspecified atom stereocenters. The molecule has 0 aromatic heterocycles. The van der Waals surface area contributed by atoms with Gasteiger partial charge in [-0.15, -0.1) is 0 Å². The molecule has 106 valence electrons. The molecule has 0 nitrogen and oxygen atoms in total. The molecule has 0 spiro atoms. The first kappa shape index (κ1) is 17.2. The van der Waals surface area contributed by atoms with Crippen LogP contribution in [-0.4, -0.2) is 23.6 Å². The van der Waals surface area contributed by atoms with E-state index >= 15 is 0 Å². The molecular weight excluding hydrogens is 355 g/mol. The average molecular weight is 383 g/mol. The van der Waals surface area contributed by atoms with Crippen molar-refractivity contribution in [3.05, 3.63) is 38.8 Å². The average Bonchev–Trinajstić information content (AvgIpc) is 2.42. The zero-order valence-corrected chi connectivity index (χ0v) is 16.7. The van der Waals surface area contributed by atoms with Gasteiger partial charge in [-0.05, 0) is 0 Å². The summed E-state index contributed by atoms with van der Waals surface area (Å²) in [5.74, 6) is 0. The van der Waals surface area contributed by atoms with E-state index in [0.717, 1.165) is 0 Å². The van der Waals surface area contributed by atoms with E-state index < -0.39 is 18.4 Å². The van der Waals surface area contributed by atoms with Crippen molar-refractivity contribution in [1.82, 2.24) is 0 Å². The van der Waals surface area contributed by atoms with Crippen LogP contribution in [0.3, 0.4) is 0 Å². The summed E-state index contributed by atoms with van der Waals surface area (Å²) in [6.07, 6.45) is 2.50. The molecule has 0 heterocycles. The van der Waals surface area contributed by atoms with Gasteiger partial charge in [0.05, 0.1) is 0 Å². The second-order valence-corrected chi connectivity index (χ2v) is 23.0. The van der Waals surface area contributed by atoms with Crippen molar-refractivity contribution in [1.29, 1.82) is 0 Å². The van der Waals surface area contributed by atoms with Crippen molar-refractivity contribution in [2.24, 2.45) is 0 Å². The first-order valence-electron chi connectivity index (χ1n) is 7.51. The van der Waals surface area contributed by atoms with Gasteiger partial charge in [-0.25, -0.2) is 0 Å². The molecule has 0 aliphatic rings. The zero-order valence-electron chi connectivity index (χ0n) is 13.1. The molecule has 1 aromatic carbocycles. The third-order valence-electron chi connectivity index (χ3n) is 4.01. The number of hydrogen-bond acceptors (Lipinski definition) is 1. The maximum absolute atomic E-state index is 2.50. The zero-order chi connectivity index (χ0) is 14.3. The second-order valence-electron chi connectivity index (χ2n) is 5.43. The van der Waals surface area contributed by atoms with Gasteiger partial charge in [0, 0.05) is 0 Å². The third kappa shape index (κ3) is 4.86. The number of thioether (sulfide) groups is 1. The SMILES string of the molecule is C[CH2][Sn]([CH2]C)([CH2]C)[C](=Cc1ccccc1)SC(C)C. The molecule has 0 fully saturated rings. The van der Waals surface area contributed by atoms with E-state index in [2.05, 4.69) is 82.8 Å². The van der Waals surface area contributed by atoms with Gasteiger partial charge in [0.2, 0.25) is 0 Å². The molecule has 1 aromatic rings. The number of rotatable bonds is 7. The van der Waals surface area contributed by atoms with Gasteiger partial charge in [-0.1, -0.05) is 0 Å². The quantitative estimate of drug-likeness (QED) is 0.504. The molecule has 0 atom stereocenters. The second kappa shape index (κ2) is 8.41. The summed E-state index contributed by atoms with van der Waals surface area (Å²) >= 11 is 0.0316. The Morgan fingerprint density at radius 3 is 2.00 bits per heavy atom. The van der Waals surface area contributed by atoms with Crippen LogP contribution in [-0.2, 0) is 0 Å². The Morgan fingerprint density at radius 1 is 1.05 bits per heavy atom. The Bertz CT molecular complexity index is 383. The van der Waals surface area contributed by atoms with Crippen molar-refractivity contribution >= 4 is 36.2 Å². The molecule has 0 amide bonds. The van der Waals surface area contributed by atoms with Crippen LogP contribution in [0.2, 0.25) is 13.3 Å². The van der Waals surface area contributed by atoms with Crippen LogP contribution in [0.1, 0.15) is 40.2 Å². The van der Waals surface area contributed by atoms with Gasteiger partial charge < -0.3 is 0 Å². The predicted octanol–water partition coefficient (Wildman–Crippen LogP) is 6.22. The summed E-state index contributed by atoms with van der Waals surface area (Å²) in [4.78, 5) is 0. The summed E-state index contributed by atoms with van der Waals surface area (Å²) in [6.45, 7) is 11.9. The van der Waals surface area contributed by atoms with E-state index in [4.69, 9.17) is 0 Å². The van der Waals surface area contributed by atoms with Crippen LogP contribution < -0.4 is 0 Å². The summed E-state index contributed by atoms with van der Waals surface area (Å²) in [6, 6.07) is 10.9. The Morgan fingerprint density at radius 2 is 1.58 bits per heavy atom. The van der Waals surface area contributed by atoms with Gasteiger partial charge in [0.15, 0.2) is 0 Å². The van der Waals surface area contributed by atoms with Crippen LogP contribution in [0, 0.1) is 0 Å². The molecule has 0 radical (unpaired) electrons. The molecule has 0 aliphatic carbocycles. The number of hydrogen-bond donors (Lipinski definition) is 0. The standard InChI is InChI=1S/C11H13S.3C2H5.Sn/c1-10(2)12-9-8-11-6-4-3-5-7-11;3*1-2;/h3-8,10H,1-2H3;3*1H2,2H3;. The van der Waals surface area contributed by atoms with E-state index in [9.17, 15) is 0 Å². The van der Waals surface area contributed by atoms with Crippen LogP contribution >= 0.6 is 11.8 Å². The molecular formula is C17H28SSn. The topological polar surface area (TPSA) is 0 Å². The van der Waals surface area contributed by atoms with E-state index in [-0.39, 0.29) is 0 Å². The first-order valence-corrected chi connectivity index (χ1v) is 15.9. The van der Waals surface area contributed by atoms with Crippen molar-refractivity contribution in [3.63, 3.8) is 0 Å². The van der Waals surface area contributed by atoms with E-state index in [1.54, 1.807) is 2.92 Å². The molecule has 0 aliphatic heterocycles. The molecule has 2 heteroatoms. The van der Waals surface area contributed by atoms with Crippen LogP contribution in [0.25, 0.3) is 6.08 Å². The molecule has 0 saturated heterocycles. The fourth-order valence-electron chi connectivity index (χ4n) is 2.54. The molecule has 0 saturated carbocycles. The normalized spacial score (nSPS) is 13.1. The predicted molar refractivity (Wildman–Crippen MR) is 94.3 cm³/mol. The molecule has 1 rings (SSSR count). The Balaban J connectivity index is 3.17. The van der Waals surface area contributed by atoms with Gasteiger partial charge >= 0.3 is 128 Å². The van der Waals surface area contributed by atoms with Crippen molar-refractivity contribution in [2.45, 2.75) is 53.2 Å². The van der Waals surface area contributed by atoms with Crippen LogP contribution in [0.5, 0.6) is 0 Å². The fourth-order valence-corrected chi connectivity index (χ4v) is 19.2. The Hall–Kier alpha value is 0.109. The van der Waals surface area contributed by atoms with E-state index in [0.29, 0.717) is 5.25 Å². The monoisotopic (exact) mass is 384 g/mol. The molecule has 0 N–H and O–H groups in total. The number of benzene rings is 1.